The van der Waals surface area contributed by atoms with Gasteiger partial charge in [-0.05, 0) is 24.3 Å². The molecule has 0 aliphatic heterocycles. The Morgan fingerprint density at radius 3 is 2.33 bits per heavy atom. The molecule has 0 fully saturated rings. The van der Waals surface area contributed by atoms with Crippen LogP contribution in [0.5, 0.6) is 0 Å². The van der Waals surface area contributed by atoms with Crippen LogP contribution >= 0.6 is 0 Å². The number of pyridine rings is 1. The van der Waals surface area contributed by atoms with E-state index in [9.17, 15) is 13.9 Å². The summed E-state index contributed by atoms with van der Waals surface area (Å²) in [6.07, 6.45) is 0.974. The van der Waals surface area contributed by atoms with Crippen molar-refractivity contribution in [2.75, 3.05) is 0 Å². The van der Waals surface area contributed by atoms with Crippen molar-refractivity contribution in [3.05, 3.63) is 65.5 Å². The van der Waals surface area contributed by atoms with Gasteiger partial charge >= 0.3 is 0 Å². The average molecular weight is 249 g/mol. The topological polar surface area (TPSA) is 33.1 Å². The Balaban J connectivity index is 2.06. The van der Waals surface area contributed by atoms with Crippen molar-refractivity contribution >= 4 is 0 Å². The number of halogens is 2. The van der Waals surface area contributed by atoms with Crippen molar-refractivity contribution in [1.82, 2.24) is 4.98 Å². The van der Waals surface area contributed by atoms with Crippen LogP contribution in [0.1, 0.15) is 11.3 Å². The molecular weight excluding hydrogens is 236 g/mol. The Morgan fingerprint density at radius 1 is 1.00 bits per heavy atom. The van der Waals surface area contributed by atoms with Gasteiger partial charge in [-0.1, -0.05) is 12.1 Å². The lowest BCUT2D eigenvalue weighted by atomic mass is 10.0. The number of hydrogen-bond acceptors (Lipinski definition) is 2. The van der Waals surface area contributed by atoms with Crippen LogP contribution in [0.4, 0.5) is 8.78 Å². The summed E-state index contributed by atoms with van der Waals surface area (Å²) in [5.41, 5.74) is 0.614. The summed E-state index contributed by atoms with van der Waals surface area (Å²) in [5, 5.41) is 9.83. The Morgan fingerprint density at radius 2 is 1.72 bits per heavy atom. The summed E-state index contributed by atoms with van der Waals surface area (Å²) in [6, 6.07) is 9.02. The maximum absolute atomic E-state index is 13.4. The van der Waals surface area contributed by atoms with Gasteiger partial charge in [0.2, 0.25) is 0 Å². The summed E-state index contributed by atoms with van der Waals surface area (Å²) in [7, 11) is 0. The van der Waals surface area contributed by atoms with Crippen LogP contribution in [0.25, 0.3) is 0 Å². The third-order valence-corrected chi connectivity index (χ3v) is 2.67. The molecule has 0 aliphatic rings. The standard InChI is InChI=1S/C14H13F2NO/c15-13-5-3-6-14(16)12(13)9-11(18)8-10-4-1-2-7-17-10/h1-7,11,18H,8-9H2. The smallest absolute Gasteiger partial charge is 0.129 e. The number of aliphatic hydroxyl groups is 1. The zero-order valence-corrected chi connectivity index (χ0v) is 9.68. The average Bonchev–Trinajstić information content (AvgIpc) is 2.35. The minimum atomic E-state index is -0.855. The molecular formula is C14H13F2NO. The molecule has 1 aromatic carbocycles. The van der Waals surface area contributed by atoms with Crippen molar-refractivity contribution in [2.24, 2.45) is 0 Å². The van der Waals surface area contributed by atoms with Crippen LogP contribution in [-0.2, 0) is 12.8 Å². The van der Waals surface area contributed by atoms with E-state index < -0.39 is 17.7 Å². The zero-order valence-electron chi connectivity index (χ0n) is 9.68. The first-order chi connectivity index (χ1) is 8.66. The number of rotatable bonds is 4. The first-order valence-corrected chi connectivity index (χ1v) is 5.67. The molecule has 94 valence electrons. The van der Waals surface area contributed by atoms with Gasteiger partial charge in [0.05, 0.1) is 6.10 Å². The van der Waals surface area contributed by atoms with E-state index in [4.69, 9.17) is 0 Å². The summed E-state index contributed by atoms with van der Waals surface area (Å²) < 4.78 is 26.8. The summed E-state index contributed by atoms with van der Waals surface area (Å²) in [6.45, 7) is 0. The maximum atomic E-state index is 13.4. The molecule has 1 atom stereocenters. The van der Waals surface area contributed by atoms with E-state index >= 15 is 0 Å². The first-order valence-electron chi connectivity index (χ1n) is 5.67. The molecule has 0 saturated carbocycles. The molecule has 2 rings (SSSR count). The number of aromatic nitrogens is 1. The normalized spacial score (nSPS) is 12.4. The van der Waals surface area contributed by atoms with E-state index in [0.717, 1.165) is 0 Å². The summed E-state index contributed by atoms with van der Waals surface area (Å²) in [4.78, 5) is 4.06. The number of hydrogen-bond donors (Lipinski definition) is 1. The minimum Gasteiger partial charge on any atom is -0.392 e. The predicted octanol–water partition coefficient (Wildman–Crippen LogP) is 2.51. The van der Waals surface area contributed by atoms with Crippen LogP contribution < -0.4 is 0 Å². The highest BCUT2D eigenvalue weighted by Crippen LogP contribution is 2.15. The Bertz CT molecular complexity index is 496. The fourth-order valence-electron chi connectivity index (χ4n) is 1.80. The maximum Gasteiger partial charge on any atom is 0.129 e. The lowest BCUT2D eigenvalue weighted by molar-refractivity contribution is 0.171. The number of nitrogens with zero attached hydrogens (tertiary/aromatic N) is 1. The fourth-order valence-corrected chi connectivity index (χ4v) is 1.80. The minimum absolute atomic E-state index is 0.0604. The molecule has 1 unspecified atom stereocenters. The van der Waals surface area contributed by atoms with Crippen molar-refractivity contribution in [3.63, 3.8) is 0 Å². The monoisotopic (exact) mass is 249 g/mol. The molecule has 1 N–H and O–H groups in total. The molecule has 0 spiro atoms. The van der Waals surface area contributed by atoms with E-state index in [1.807, 2.05) is 0 Å². The zero-order chi connectivity index (χ0) is 13.0. The molecule has 0 aliphatic carbocycles. The molecule has 2 aromatic rings. The molecule has 1 aromatic heterocycles. The van der Waals surface area contributed by atoms with Gasteiger partial charge in [0, 0.05) is 30.3 Å². The quantitative estimate of drug-likeness (QED) is 0.903. The van der Waals surface area contributed by atoms with Gasteiger partial charge in [0.15, 0.2) is 0 Å². The highest BCUT2D eigenvalue weighted by molar-refractivity contribution is 5.20. The third-order valence-electron chi connectivity index (χ3n) is 2.67. The van der Waals surface area contributed by atoms with E-state index in [2.05, 4.69) is 4.98 Å². The summed E-state index contributed by atoms with van der Waals surface area (Å²) >= 11 is 0. The number of aliphatic hydroxyl groups excluding tert-OH is 1. The van der Waals surface area contributed by atoms with Crippen LogP contribution in [0.15, 0.2) is 42.6 Å². The second kappa shape index (κ2) is 5.69. The lowest BCUT2D eigenvalue weighted by Crippen LogP contribution is -2.16. The largest absolute Gasteiger partial charge is 0.392 e. The molecule has 18 heavy (non-hydrogen) atoms. The third kappa shape index (κ3) is 3.11. The molecule has 0 radical (unpaired) electrons. The Kier molecular flexibility index (Phi) is 3.99. The van der Waals surface area contributed by atoms with Gasteiger partial charge in [-0.25, -0.2) is 8.78 Å². The van der Waals surface area contributed by atoms with Crippen LogP contribution in [-0.4, -0.2) is 16.2 Å². The van der Waals surface area contributed by atoms with Gasteiger partial charge < -0.3 is 5.11 Å². The van der Waals surface area contributed by atoms with Crippen LogP contribution in [0, 0.1) is 11.6 Å². The highest BCUT2D eigenvalue weighted by Gasteiger charge is 2.14. The molecule has 2 nitrogen and oxygen atoms in total. The molecule has 0 saturated heterocycles. The highest BCUT2D eigenvalue weighted by atomic mass is 19.1. The first kappa shape index (κ1) is 12.6. The van der Waals surface area contributed by atoms with Crippen molar-refractivity contribution in [1.29, 1.82) is 0 Å². The predicted molar refractivity (Wildman–Crippen MR) is 64.0 cm³/mol. The van der Waals surface area contributed by atoms with E-state index in [1.54, 1.807) is 24.4 Å². The van der Waals surface area contributed by atoms with Gasteiger partial charge in [-0.3, -0.25) is 4.98 Å². The Labute approximate surface area is 104 Å². The van der Waals surface area contributed by atoms with Gasteiger partial charge in [-0.15, -0.1) is 0 Å². The van der Waals surface area contributed by atoms with Crippen molar-refractivity contribution < 1.29 is 13.9 Å². The molecule has 4 heteroatoms. The SMILES string of the molecule is OC(Cc1ccccn1)Cc1c(F)cccc1F. The van der Waals surface area contributed by atoms with E-state index in [0.29, 0.717) is 5.69 Å². The van der Waals surface area contributed by atoms with Crippen LogP contribution in [0.2, 0.25) is 0 Å². The van der Waals surface area contributed by atoms with Crippen molar-refractivity contribution in [3.8, 4) is 0 Å². The molecule has 1 heterocycles. The second-order valence-corrected chi connectivity index (χ2v) is 4.08. The van der Waals surface area contributed by atoms with Gasteiger partial charge in [0.25, 0.3) is 0 Å². The Hall–Kier alpha value is -1.81. The number of benzene rings is 1. The van der Waals surface area contributed by atoms with Crippen LogP contribution in [0.3, 0.4) is 0 Å². The van der Waals surface area contributed by atoms with E-state index in [-0.39, 0.29) is 18.4 Å². The van der Waals surface area contributed by atoms with Gasteiger partial charge in [0.1, 0.15) is 11.6 Å². The lowest BCUT2D eigenvalue weighted by Gasteiger charge is -2.11. The summed E-state index contributed by atoms with van der Waals surface area (Å²) in [5.74, 6) is -1.26. The second-order valence-electron chi connectivity index (χ2n) is 4.08. The van der Waals surface area contributed by atoms with E-state index in [1.165, 1.54) is 18.2 Å². The van der Waals surface area contributed by atoms with Crippen molar-refractivity contribution in [2.45, 2.75) is 18.9 Å². The van der Waals surface area contributed by atoms with Gasteiger partial charge in [-0.2, -0.15) is 0 Å². The fraction of sp³-hybridized carbons (Fsp3) is 0.214. The molecule has 0 amide bonds. The molecule has 0 bridgehead atoms.